The van der Waals surface area contributed by atoms with Crippen LogP contribution >= 0.6 is 0 Å². The summed E-state index contributed by atoms with van der Waals surface area (Å²) in [7, 11) is 0. The Morgan fingerprint density at radius 2 is 1.70 bits per heavy atom. The molecule has 1 unspecified atom stereocenters. The van der Waals surface area contributed by atoms with Crippen molar-refractivity contribution in [1.82, 2.24) is 0 Å². The van der Waals surface area contributed by atoms with E-state index in [9.17, 15) is 14.7 Å². The number of aromatic hydroxyl groups is 1. The van der Waals surface area contributed by atoms with Gasteiger partial charge in [-0.15, -0.1) is 0 Å². The summed E-state index contributed by atoms with van der Waals surface area (Å²) in [5.41, 5.74) is 2.29. The lowest BCUT2D eigenvalue weighted by Crippen LogP contribution is -2.50. The second kappa shape index (κ2) is 10.8. The third-order valence-electron chi connectivity index (χ3n) is 5.73. The average Bonchev–Trinajstić information content (AvgIpc) is 2.76. The van der Waals surface area contributed by atoms with E-state index < -0.39 is 6.04 Å². The first-order valence-corrected chi connectivity index (χ1v) is 11.1. The number of fused-ring (bicyclic) bond motifs is 1. The molecule has 2 aromatic rings. The number of nitrogens with one attached hydrogen (secondary N) is 1. The molecule has 5 heteroatoms. The molecule has 0 radical (unpaired) electrons. The van der Waals surface area contributed by atoms with Crippen LogP contribution in [-0.2, 0) is 16.0 Å². The van der Waals surface area contributed by atoms with E-state index in [1.165, 1.54) is 25.3 Å². The highest BCUT2D eigenvalue weighted by Crippen LogP contribution is 2.33. The van der Waals surface area contributed by atoms with Crippen molar-refractivity contribution < 1.29 is 14.7 Å². The summed E-state index contributed by atoms with van der Waals surface area (Å²) in [4.78, 5) is 27.9. The molecule has 1 aliphatic rings. The number of amides is 2. The molecule has 0 saturated carbocycles. The van der Waals surface area contributed by atoms with Crippen molar-refractivity contribution in [3.05, 3.63) is 54.1 Å². The first-order valence-electron chi connectivity index (χ1n) is 11.1. The lowest BCUT2D eigenvalue weighted by molar-refractivity contribution is -0.124. The number of carbonyl (C=O) groups is 2. The summed E-state index contributed by atoms with van der Waals surface area (Å²) in [5, 5.41) is 12.8. The molecule has 0 saturated heterocycles. The molecule has 30 heavy (non-hydrogen) atoms. The van der Waals surface area contributed by atoms with E-state index in [0.29, 0.717) is 18.5 Å². The first-order chi connectivity index (χ1) is 14.6. The molecule has 0 bridgehead atoms. The molecule has 1 heterocycles. The van der Waals surface area contributed by atoms with Gasteiger partial charge < -0.3 is 10.4 Å². The third kappa shape index (κ3) is 5.41. The van der Waals surface area contributed by atoms with Crippen molar-refractivity contribution in [2.24, 2.45) is 0 Å². The quantitative estimate of drug-likeness (QED) is 0.429. The van der Waals surface area contributed by atoms with E-state index in [0.717, 1.165) is 36.9 Å². The minimum atomic E-state index is -0.577. The van der Waals surface area contributed by atoms with Gasteiger partial charge in [-0.2, -0.15) is 0 Å². The molecule has 2 amide bonds. The van der Waals surface area contributed by atoms with Crippen molar-refractivity contribution in [2.45, 2.75) is 70.8 Å². The van der Waals surface area contributed by atoms with Crippen molar-refractivity contribution in [2.75, 3.05) is 10.2 Å². The zero-order valence-corrected chi connectivity index (χ0v) is 17.8. The molecular weight excluding hydrogens is 376 g/mol. The number of unbranched alkanes of at least 4 members (excludes halogenated alkanes) is 5. The lowest BCUT2D eigenvalue weighted by Gasteiger charge is -2.36. The van der Waals surface area contributed by atoms with Crippen LogP contribution in [0.15, 0.2) is 48.5 Å². The lowest BCUT2D eigenvalue weighted by atomic mass is 9.94. The van der Waals surface area contributed by atoms with Crippen molar-refractivity contribution in [3.8, 4) is 5.75 Å². The van der Waals surface area contributed by atoms with Gasteiger partial charge in [0.15, 0.2) is 0 Å². The van der Waals surface area contributed by atoms with Crippen LogP contribution in [0.2, 0.25) is 0 Å². The van der Waals surface area contributed by atoms with Crippen LogP contribution in [0.4, 0.5) is 11.4 Å². The number of rotatable bonds is 9. The van der Waals surface area contributed by atoms with E-state index in [1.807, 2.05) is 24.3 Å². The highest BCUT2D eigenvalue weighted by Gasteiger charge is 2.35. The summed E-state index contributed by atoms with van der Waals surface area (Å²) >= 11 is 0. The normalized spacial score (nSPS) is 15.5. The molecular formula is C25H32N2O3. The van der Waals surface area contributed by atoms with Crippen LogP contribution in [0.25, 0.3) is 0 Å². The fourth-order valence-corrected chi connectivity index (χ4v) is 4.08. The van der Waals surface area contributed by atoms with Crippen molar-refractivity contribution in [3.63, 3.8) is 0 Å². The Balaban J connectivity index is 1.72. The maximum absolute atomic E-state index is 13.2. The van der Waals surface area contributed by atoms with Gasteiger partial charge in [-0.1, -0.05) is 69.4 Å². The van der Waals surface area contributed by atoms with E-state index in [2.05, 4.69) is 12.2 Å². The smallest absolute Gasteiger partial charge is 0.247 e. The van der Waals surface area contributed by atoms with Gasteiger partial charge in [0.25, 0.3) is 0 Å². The Bertz CT molecular complexity index is 865. The van der Waals surface area contributed by atoms with Crippen LogP contribution in [0.1, 0.15) is 63.9 Å². The summed E-state index contributed by atoms with van der Waals surface area (Å²) < 4.78 is 0. The fourth-order valence-electron chi connectivity index (χ4n) is 4.08. The van der Waals surface area contributed by atoms with E-state index >= 15 is 0 Å². The predicted molar refractivity (Wildman–Crippen MR) is 121 cm³/mol. The zero-order chi connectivity index (χ0) is 21.3. The first kappa shape index (κ1) is 21.9. The van der Waals surface area contributed by atoms with E-state index in [1.54, 1.807) is 23.1 Å². The van der Waals surface area contributed by atoms with Crippen LogP contribution in [0, 0.1) is 0 Å². The number of anilines is 2. The fraction of sp³-hybridized carbons (Fsp3) is 0.440. The molecule has 0 spiro atoms. The molecule has 5 nitrogen and oxygen atoms in total. The molecule has 0 aromatic heterocycles. The Labute approximate surface area is 179 Å². The topological polar surface area (TPSA) is 69.6 Å². The number of para-hydroxylation sites is 3. The minimum Gasteiger partial charge on any atom is -0.506 e. The number of hydrogen-bond donors (Lipinski definition) is 2. The summed E-state index contributed by atoms with van der Waals surface area (Å²) in [6.45, 7) is 2.19. The van der Waals surface area contributed by atoms with Gasteiger partial charge in [0.05, 0.1) is 5.69 Å². The molecule has 160 valence electrons. The number of nitrogens with zero attached hydrogens (tertiary/aromatic N) is 1. The van der Waals surface area contributed by atoms with Gasteiger partial charge in [-0.3, -0.25) is 14.5 Å². The minimum absolute atomic E-state index is 0.00456. The average molecular weight is 409 g/mol. The van der Waals surface area contributed by atoms with Gasteiger partial charge in [0.2, 0.25) is 11.8 Å². The number of benzene rings is 2. The second-order valence-corrected chi connectivity index (χ2v) is 7.97. The standard InChI is InChI=1S/C25H32N2O3/c1-2-3-4-5-6-7-16-24(29)27-21-14-10-8-12-19(21)17-18-22(27)25(30)26-20-13-9-11-15-23(20)28/h8-15,22,28H,2-7,16-18H2,1H3,(H,26,30). The summed E-state index contributed by atoms with van der Waals surface area (Å²) in [6.07, 6.45) is 8.44. The van der Waals surface area contributed by atoms with E-state index in [-0.39, 0.29) is 17.6 Å². The third-order valence-corrected chi connectivity index (χ3v) is 5.73. The molecule has 0 fully saturated rings. The van der Waals surface area contributed by atoms with Crippen molar-refractivity contribution in [1.29, 1.82) is 0 Å². The second-order valence-electron chi connectivity index (χ2n) is 7.97. The van der Waals surface area contributed by atoms with Crippen LogP contribution < -0.4 is 10.2 Å². The van der Waals surface area contributed by atoms with Crippen LogP contribution in [-0.4, -0.2) is 23.0 Å². The van der Waals surface area contributed by atoms with Gasteiger partial charge in [0, 0.05) is 12.1 Å². The van der Waals surface area contributed by atoms with Crippen LogP contribution in [0.3, 0.4) is 0 Å². The number of carbonyl (C=O) groups excluding carboxylic acids is 2. The summed E-state index contributed by atoms with van der Waals surface area (Å²) in [5.74, 6) is -0.246. The maximum atomic E-state index is 13.2. The Hall–Kier alpha value is -2.82. The predicted octanol–water partition coefficient (Wildman–Crippen LogP) is 5.43. The van der Waals surface area contributed by atoms with Crippen LogP contribution in [0.5, 0.6) is 5.75 Å². The van der Waals surface area contributed by atoms with Crippen molar-refractivity contribution >= 4 is 23.2 Å². The zero-order valence-electron chi connectivity index (χ0n) is 17.8. The van der Waals surface area contributed by atoms with Gasteiger partial charge in [0.1, 0.15) is 11.8 Å². The molecule has 1 aliphatic heterocycles. The molecule has 2 aromatic carbocycles. The number of hydrogen-bond acceptors (Lipinski definition) is 3. The monoisotopic (exact) mass is 408 g/mol. The Morgan fingerprint density at radius 3 is 2.50 bits per heavy atom. The van der Waals surface area contributed by atoms with E-state index in [4.69, 9.17) is 0 Å². The number of phenols is 1. The molecule has 2 N–H and O–H groups in total. The molecule has 0 aliphatic carbocycles. The maximum Gasteiger partial charge on any atom is 0.247 e. The van der Waals surface area contributed by atoms with Gasteiger partial charge in [-0.05, 0) is 43.0 Å². The number of aryl methyl sites for hydroxylation is 1. The Morgan fingerprint density at radius 1 is 1.00 bits per heavy atom. The highest BCUT2D eigenvalue weighted by atomic mass is 16.3. The molecule has 3 rings (SSSR count). The highest BCUT2D eigenvalue weighted by molar-refractivity contribution is 6.06. The van der Waals surface area contributed by atoms with Gasteiger partial charge in [-0.25, -0.2) is 0 Å². The van der Waals surface area contributed by atoms with Gasteiger partial charge >= 0.3 is 0 Å². The summed E-state index contributed by atoms with van der Waals surface area (Å²) in [6, 6.07) is 13.9. The molecule has 1 atom stereocenters. The SMILES string of the molecule is CCCCCCCCC(=O)N1c2ccccc2CCC1C(=O)Nc1ccccc1O. The number of phenolic OH excluding ortho intramolecular Hbond substituents is 1. The largest absolute Gasteiger partial charge is 0.506 e. The Kier molecular flexibility index (Phi) is 7.89.